The molecule has 0 amide bonds. The van der Waals surface area contributed by atoms with Crippen LogP contribution in [0.2, 0.25) is 0 Å². The maximum Gasteiger partial charge on any atom is 0.0507 e. The van der Waals surface area contributed by atoms with Crippen molar-refractivity contribution in [2.75, 3.05) is 0 Å². The van der Waals surface area contributed by atoms with E-state index in [2.05, 4.69) is 46.0 Å². The summed E-state index contributed by atoms with van der Waals surface area (Å²) in [6.07, 6.45) is 5.28. The first-order valence-corrected chi connectivity index (χ1v) is 8.54. The van der Waals surface area contributed by atoms with Gasteiger partial charge in [-0.3, -0.25) is 11.3 Å². The van der Waals surface area contributed by atoms with Crippen molar-refractivity contribution in [3.8, 4) is 0 Å². The molecule has 3 N–H and O–H groups in total. The molecule has 1 aromatic rings. The molecule has 0 spiro atoms. The molecule has 2 nitrogen and oxygen atoms in total. The summed E-state index contributed by atoms with van der Waals surface area (Å²) < 4.78 is 1.20. The van der Waals surface area contributed by atoms with Crippen LogP contribution < -0.4 is 11.3 Å². The quantitative estimate of drug-likeness (QED) is 0.631. The molecule has 0 bridgehead atoms. The van der Waals surface area contributed by atoms with Crippen LogP contribution in [-0.4, -0.2) is 0 Å². The predicted molar refractivity (Wildman–Crippen MR) is 82.4 cm³/mol. The van der Waals surface area contributed by atoms with Crippen molar-refractivity contribution in [2.24, 2.45) is 23.6 Å². The van der Waals surface area contributed by atoms with Gasteiger partial charge in [-0.1, -0.05) is 13.8 Å². The van der Waals surface area contributed by atoms with E-state index in [-0.39, 0.29) is 0 Å². The number of hydrogen-bond acceptors (Lipinski definition) is 3. The van der Waals surface area contributed by atoms with Gasteiger partial charge in [-0.05, 0) is 70.3 Å². The van der Waals surface area contributed by atoms with Crippen LogP contribution in [-0.2, 0) is 0 Å². The second kappa shape index (κ2) is 6.51. The Kier molecular flexibility index (Phi) is 5.24. The fraction of sp³-hybridized carbons (Fsp3) is 0.714. The van der Waals surface area contributed by atoms with Crippen molar-refractivity contribution < 1.29 is 0 Å². The van der Waals surface area contributed by atoms with Gasteiger partial charge >= 0.3 is 0 Å². The van der Waals surface area contributed by atoms with Crippen LogP contribution in [0.25, 0.3) is 0 Å². The molecule has 1 aliphatic rings. The Bertz CT molecular complexity index is 370. The molecule has 102 valence electrons. The molecule has 0 saturated heterocycles. The van der Waals surface area contributed by atoms with E-state index in [1.165, 1.54) is 35.7 Å². The average Bonchev–Trinajstić information content (AvgIpc) is 2.78. The zero-order valence-electron chi connectivity index (χ0n) is 11.2. The Morgan fingerprint density at radius 2 is 1.83 bits per heavy atom. The van der Waals surface area contributed by atoms with Gasteiger partial charge in [-0.25, -0.2) is 0 Å². The average molecular weight is 331 g/mol. The van der Waals surface area contributed by atoms with E-state index in [0.717, 1.165) is 11.8 Å². The Morgan fingerprint density at radius 1 is 1.22 bits per heavy atom. The lowest BCUT2D eigenvalue weighted by molar-refractivity contribution is 0.189. The maximum atomic E-state index is 5.79. The number of thiophene rings is 1. The summed E-state index contributed by atoms with van der Waals surface area (Å²) in [6, 6.07) is 0.304. The predicted octanol–water partition coefficient (Wildman–Crippen LogP) is 4.48. The fourth-order valence-corrected chi connectivity index (χ4v) is 4.72. The second-order valence-corrected chi connectivity index (χ2v) is 7.34. The Hall–Kier alpha value is 0.100. The van der Waals surface area contributed by atoms with E-state index < -0.39 is 0 Å². The van der Waals surface area contributed by atoms with Crippen molar-refractivity contribution in [3.05, 3.63) is 20.8 Å². The molecule has 4 heteroatoms. The lowest BCUT2D eigenvalue weighted by Crippen LogP contribution is -2.35. The van der Waals surface area contributed by atoms with Gasteiger partial charge in [0.05, 0.1) is 6.04 Å². The van der Waals surface area contributed by atoms with Gasteiger partial charge in [-0.2, -0.15) is 11.3 Å². The smallest absolute Gasteiger partial charge is 0.0507 e. The van der Waals surface area contributed by atoms with Gasteiger partial charge in [0, 0.05) is 9.85 Å². The first-order valence-electron chi connectivity index (χ1n) is 6.81. The molecular formula is C14H23BrN2S. The van der Waals surface area contributed by atoms with E-state index in [9.17, 15) is 0 Å². The van der Waals surface area contributed by atoms with Crippen LogP contribution in [0.4, 0.5) is 0 Å². The minimum absolute atomic E-state index is 0.304. The zero-order chi connectivity index (χ0) is 13.1. The van der Waals surface area contributed by atoms with E-state index in [4.69, 9.17) is 5.84 Å². The van der Waals surface area contributed by atoms with E-state index in [0.29, 0.717) is 12.0 Å². The summed E-state index contributed by atoms with van der Waals surface area (Å²) in [4.78, 5) is 0. The molecule has 1 fully saturated rings. The van der Waals surface area contributed by atoms with Crippen molar-refractivity contribution in [1.82, 2.24) is 5.43 Å². The van der Waals surface area contributed by atoms with Gasteiger partial charge in [-0.15, -0.1) is 0 Å². The summed E-state index contributed by atoms with van der Waals surface area (Å²) in [7, 11) is 0. The third-order valence-electron chi connectivity index (χ3n) is 4.39. The first-order chi connectivity index (χ1) is 8.63. The molecule has 1 aromatic heterocycles. The van der Waals surface area contributed by atoms with Crippen LogP contribution in [0.15, 0.2) is 15.2 Å². The highest BCUT2D eigenvalue weighted by atomic mass is 79.9. The highest BCUT2D eigenvalue weighted by Crippen LogP contribution is 2.41. The summed E-state index contributed by atoms with van der Waals surface area (Å²) >= 11 is 5.36. The SMILES string of the molecule is CC(C)C1CCC(C(NN)c2cscc2Br)CC1. The van der Waals surface area contributed by atoms with Gasteiger partial charge < -0.3 is 0 Å². The van der Waals surface area contributed by atoms with E-state index in [1.54, 1.807) is 11.3 Å². The molecule has 0 radical (unpaired) electrons. The highest BCUT2D eigenvalue weighted by Gasteiger charge is 2.30. The molecule has 1 heterocycles. The minimum Gasteiger partial charge on any atom is -0.271 e. The van der Waals surface area contributed by atoms with E-state index >= 15 is 0 Å². The Balaban J connectivity index is 2.01. The number of halogens is 1. The molecule has 1 saturated carbocycles. The summed E-state index contributed by atoms with van der Waals surface area (Å²) in [5.41, 5.74) is 4.36. The monoisotopic (exact) mass is 330 g/mol. The number of hydrogen-bond donors (Lipinski definition) is 2. The van der Waals surface area contributed by atoms with Gasteiger partial charge in [0.2, 0.25) is 0 Å². The molecule has 1 atom stereocenters. The van der Waals surface area contributed by atoms with Crippen molar-refractivity contribution in [1.29, 1.82) is 0 Å². The minimum atomic E-state index is 0.304. The molecule has 2 rings (SSSR count). The maximum absolute atomic E-state index is 5.79. The lowest BCUT2D eigenvalue weighted by Gasteiger charge is -2.35. The fourth-order valence-electron chi connectivity index (χ4n) is 3.14. The van der Waals surface area contributed by atoms with Crippen LogP contribution >= 0.6 is 27.3 Å². The van der Waals surface area contributed by atoms with Crippen molar-refractivity contribution >= 4 is 27.3 Å². The van der Waals surface area contributed by atoms with Crippen molar-refractivity contribution in [3.63, 3.8) is 0 Å². The molecule has 1 unspecified atom stereocenters. The zero-order valence-corrected chi connectivity index (χ0v) is 13.6. The topological polar surface area (TPSA) is 38.0 Å². The largest absolute Gasteiger partial charge is 0.271 e. The van der Waals surface area contributed by atoms with Crippen molar-refractivity contribution in [2.45, 2.75) is 45.6 Å². The highest BCUT2D eigenvalue weighted by molar-refractivity contribution is 9.10. The standard InChI is InChI=1S/C14H23BrN2S/c1-9(2)10-3-5-11(6-4-10)14(17-16)12-7-18-8-13(12)15/h7-11,14,17H,3-6,16H2,1-2H3. The Labute approximate surface area is 122 Å². The summed E-state index contributed by atoms with van der Waals surface area (Å²) in [5, 5.41) is 4.35. The first kappa shape index (κ1) is 14.5. The second-order valence-electron chi connectivity index (χ2n) is 5.74. The lowest BCUT2D eigenvalue weighted by atomic mass is 9.74. The van der Waals surface area contributed by atoms with Crippen LogP contribution in [0.3, 0.4) is 0 Å². The van der Waals surface area contributed by atoms with Gasteiger partial charge in [0.1, 0.15) is 0 Å². The third kappa shape index (κ3) is 3.16. The number of hydrazine groups is 1. The molecular weight excluding hydrogens is 308 g/mol. The van der Waals surface area contributed by atoms with Crippen LogP contribution in [0, 0.1) is 17.8 Å². The third-order valence-corrected chi connectivity index (χ3v) is 6.14. The molecule has 0 aromatic carbocycles. The van der Waals surface area contributed by atoms with E-state index in [1.807, 2.05) is 0 Å². The van der Waals surface area contributed by atoms with Gasteiger partial charge in [0.15, 0.2) is 0 Å². The van der Waals surface area contributed by atoms with Crippen LogP contribution in [0.1, 0.15) is 51.1 Å². The molecule has 18 heavy (non-hydrogen) atoms. The summed E-state index contributed by atoms with van der Waals surface area (Å²) in [5.74, 6) is 8.20. The van der Waals surface area contributed by atoms with Gasteiger partial charge in [0.25, 0.3) is 0 Å². The number of rotatable bonds is 4. The normalized spacial score (nSPS) is 26.5. The molecule has 0 aliphatic heterocycles. The molecule has 1 aliphatic carbocycles. The number of nitrogens with two attached hydrogens (primary N) is 1. The number of nitrogens with one attached hydrogen (secondary N) is 1. The summed E-state index contributed by atoms with van der Waals surface area (Å²) in [6.45, 7) is 4.69. The Morgan fingerprint density at radius 3 is 2.28 bits per heavy atom. The van der Waals surface area contributed by atoms with Crippen LogP contribution in [0.5, 0.6) is 0 Å².